The summed E-state index contributed by atoms with van der Waals surface area (Å²) in [4.78, 5) is 28.2. The summed E-state index contributed by atoms with van der Waals surface area (Å²) >= 11 is 0. The first kappa shape index (κ1) is 17.8. The number of fused-ring (bicyclic) bond motifs is 1. The van der Waals surface area contributed by atoms with E-state index in [4.69, 9.17) is 9.47 Å². The van der Waals surface area contributed by atoms with Gasteiger partial charge in [-0.1, -0.05) is 19.1 Å². The van der Waals surface area contributed by atoms with Crippen molar-refractivity contribution in [1.82, 2.24) is 19.9 Å². The van der Waals surface area contributed by atoms with Crippen molar-refractivity contribution in [2.24, 2.45) is 0 Å². The maximum Gasteiger partial charge on any atom is 0.262 e. The van der Waals surface area contributed by atoms with E-state index in [0.29, 0.717) is 53.9 Å². The maximum atomic E-state index is 12.4. The molecule has 0 aliphatic rings. The summed E-state index contributed by atoms with van der Waals surface area (Å²) in [7, 11) is 1.62. The third-order valence-corrected chi connectivity index (χ3v) is 3.66. The monoisotopic (exact) mass is 355 g/mol. The van der Waals surface area contributed by atoms with Crippen LogP contribution in [0.4, 0.5) is 5.95 Å². The van der Waals surface area contributed by atoms with Gasteiger partial charge in [-0.15, -0.1) is 0 Å². The van der Waals surface area contributed by atoms with Crippen molar-refractivity contribution in [3.8, 4) is 17.1 Å². The van der Waals surface area contributed by atoms with Gasteiger partial charge in [-0.3, -0.25) is 4.79 Å². The van der Waals surface area contributed by atoms with E-state index in [0.717, 1.165) is 6.42 Å². The van der Waals surface area contributed by atoms with Crippen molar-refractivity contribution in [2.45, 2.75) is 13.3 Å². The summed E-state index contributed by atoms with van der Waals surface area (Å²) in [5.41, 5.74) is 0.746. The Bertz CT molecular complexity index is 942. The van der Waals surface area contributed by atoms with E-state index in [1.165, 1.54) is 6.20 Å². The molecule has 0 saturated heterocycles. The Balaban J connectivity index is 2.01. The number of rotatable bonds is 8. The van der Waals surface area contributed by atoms with Gasteiger partial charge in [0.1, 0.15) is 17.0 Å². The van der Waals surface area contributed by atoms with Crippen LogP contribution in [0, 0.1) is 0 Å². The lowest BCUT2D eigenvalue weighted by atomic mass is 10.2. The van der Waals surface area contributed by atoms with Crippen LogP contribution >= 0.6 is 0 Å². The van der Waals surface area contributed by atoms with Crippen molar-refractivity contribution in [2.75, 3.05) is 32.2 Å². The van der Waals surface area contributed by atoms with Crippen LogP contribution in [0.3, 0.4) is 0 Å². The number of nitrogens with one attached hydrogen (secondary N) is 2. The zero-order valence-corrected chi connectivity index (χ0v) is 14.8. The summed E-state index contributed by atoms with van der Waals surface area (Å²) in [6, 6.07) is 7.46. The largest absolute Gasteiger partial charge is 0.493 e. The number of methoxy groups -OCH3 is 1. The second kappa shape index (κ2) is 8.39. The fourth-order valence-electron chi connectivity index (χ4n) is 2.40. The molecule has 2 N–H and O–H groups in total. The number of ether oxygens (including phenoxy) is 2. The minimum atomic E-state index is -0.293. The SMILES string of the molecule is CCCOc1ccccc1-c1nc2nc(NCCOC)ncc2c(=O)[nH]1. The molecule has 3 rings (SSSR count). The van der Waals surface area contributed by atoms with Crippen LogP contribution < -0.4 is 15.6 Å². The lowest BCUT2D eigenvalue weighted by Crippen LogP contribution is -2.14. The Hall–Kier alpha value is -3.00. The molecule has 2 heterocycles. The Morgan fingerprint density at radius 1 is 1.19 bits per heavy atom. The average molecular weight is 355 g/mol. The van der Waals surface area contributed by atoms with Crippen LogP contribution in [0.5, 0.6) is 5.75 Å². The predicted octanol–water partition coefficient (Wildman–Crippen LogP) is 2.23. The van der Waals surface area contributed by atoms with Crippen molar-refractivity contribution in [1.29, 1.82) is 0 Å². The number of benzene rings is 1. The van der Waals surface area contributed by atoms with Gasteiger partial charge in [0, 0.05) is 19.9 Å². The normalized spacial score (nSPS) is 10.8. The molecule has 0 amide bonds. The molecule has 8 nitrogen and oxygen atoms in total. The van der Waals surface area contributed by atoms with E-state index in [2.05, 4.69) is 25.3 Å². The maximum absolute atomic E-state index is 12.4. The molecule has 0 radical (unpaired) electrons. The molecular weight excluding hydrogens is 334 g/mol. The summed E-state index contributed by atoms with van der Waals surface area (Å²) in [5, 5.41) is 3.36. The molecule has 0 fully saturated rings. The molecule has 2 aromatic heterocycles. The first-order chi connectivity index (χ1) is 12.7. The predicted molar refractivity (Wildman–Crippen MR) is 99.5 cm³/mol. The number of H-pyrrole nitrogens is 1. The lowest BCUT2D eigenvalue weighted by Gasteiger charge is -2.10. The van der Waals surface area contributed by atoms with Crippen molar-refractivity contribution in [3.63, 3.8) is 0 Å². The molecule has 0 aliphatic carbocycles. The first-order valence-electron chi connectivity index (χ1n) is 8.45. The molecule has 8 heteroatoms. The minimum Gasteiger partial charge on any atom is -0.493 e. The molecule has 136 valence electrons. The highest BCUT2D eigenvalue weighted by molar-refractivity contribution is 5.77. The zero-order valence-electron chi connectivity index (χ0n) is 14.8. The molecule has 0 saturated carbocycles. The van der Waals surface area contributed by atoms with Gasteiger partial charge in [-0.05, 0) is 18.6 Å². The number of para-hydroxylation sites is 1. The van der Waals surface area contributed by atoms with Crippen molar-refractivity contribution >= 4 is 17.0 Å². The van der Waals surface area contributed by atoms with Crippen LogP contribution in [0.1, 0.15) is 13.3 Å². The number of hydrogen-bond donors (Lipinski definition) is 2. The van der Waals surface area contributed by atoms with E-state index < -0.39 is 0 Å². The van der Waals surface area contributed by atoms with E-state index >= 15 is 0 Å². The molecule has 0 unspecified atom stereocenters. The average Bonchev–Trinajstić information content (AvgIpc) is 2.66. The molecule has 0 aliphatic heterocycles. The summed E-state index contributed by atoms with van der Waals surface area (Å²) < 4.78 is 10.8. The highest BCUT2D eigenvalue weighted by atomic mass is 16.5. The van der Waals surface area contributed by atoms with Gasteiger partial charge in [0.05, 0.1) is 18.8 Å². The smallest absolute Gasteiger partial charge is 0.262 e. The van der Waals surface area contributed by atoms with Crippen LogP contribution in [0.2, 0.25) is 0 Å². The van der Waals surface area contributed by atoms with Gasteiger partial charge in [-0.2, -0.15) is 4.98 Å². The Morgan fingerprint density at radius 3 is 2.85 bits per heavy atom. The van der Waals surface area contributed by atoms with Crippen molar-refractivity contribution < 1.29 is 9.47 Å². The third-order valence-electron chi connectivity index (χ3n) is 3.66. The summed E-state index contributed by atoms with van der Waals surface area (Å²) in [6.45, 7) is 3.71. The topological polar surface area (TPSA) is 102 Å². The van der Waals surface area contributed by atoms with Crippen LogP contribution in [-0.2, 0) is 4.74 Å². The van der Waals surface area contributed by atoms with Gasteiger partial charge < -0.3 is 19.8 Å². The molecule has 26 heavy (non-hydrogen) atoms. The Kier molecular flexibility index (Phi) is 5.75. The van der Waals surface area contributed by atoms with E-state index in [9.17, 15) is 4.79 Å². The second-order valence-corrected chi connectivity index (χ2v) is 5.61. The van der Waals surface area contributed by atoms with Gasteiger partial charge in [0.25, 0.3) is 5.56 Å². The number of hydrogen-bond acceptors (Lipinski definition) is 7. The summed E-state index contributed by atoms with van der Waals surface area (Å²) in [5.74, 6) is 1.48. The van der Waals surface area contributed by atoms with E-state index in [-0.39, 0.29) is 5.56 Å². The zero-order chi connectivity index (χ0) is 18.4. The lowest BCUT2D eigenvalue weighted by molar-refractivity contribution is 0.210. The number of aromatic nitrogens is 4. The fraction of sp³-hybridized carbons (Fsp3) is 0.333. The molecule has 1 aromatic carbocycles. The number of anilines is 1. The number of nitrogens with zero attached hydrogens (tertiary/aromatic N) is 3. The highest BCUT2D eigenvalue weighted by Gasteiger charge is 2.12. The van der Waals surface area contributed by atoms with Gasteiger partial charge >= 0.3 is 0 Å². The standard InChI is InChI=1S/C18H21N5O3/c1-3-9-26-14-7-5-4-6-12(14)15-21-16-13(17(24)22-15)11-20-18(23-16)19-8-10-25-2/h4-7,11H,3,8-10H2,1-2H3,(H2,19,20,21,22,23,24). The Morgan fingerprint density at radius 2 is 2.04 bits per heavy atom. The summed E-state index contributed by atoms with van der Waals surface area (Å²) in [6.07, 6.45) is 2.35. The number of aromatic amines is 1. The molecule has 0 bridgehead atoms. The highest BCUT2D eigenvalue weighted by Crippen LogP contribution is 2.27. The van der Waals surface area contributed by atoms with Crippen LogP contribution in [0.25, 0.3) is 22.4 Å². The van der Waals surface area contributed by atoms with Crippen LogP contribution in [0.15, 0.2) is 35.3 Å². The van der Waals surface area contributed by atoms with E-state index in [1.54, 1.807) is 7.11 Å². The van der Waals surface area contributed by atoms with Gasteiger partial charge in [0.2, 0.25) is 5.95 Å². The van der Waals surface area contributed by atoms with Gasteiger partial charge in [0.15, 0.2) is 5.65 Å². The Labute approximate surface area is 150 Å². The molecule has 3 aromatic rings. The van der Waals surface area contributed by atoms with Crippen molar-refractivity contribution in [3.05, 3.63) is 40.8 Å². The van der Waals surface area contributed by atoms with Crippen LogP contribution in [-0.4, -0.2) is 46.8 Å². The fourth-order valence-corrected chi connectivity index (χ4v) is 2.40. The van der Waals surface area contributed by atoms with Gasteiger partial charge in [-0.25, -0.2) is 9.97 Å². The molecular formula is C18H21N5O3. The van der Waals surface area contributed by atoms with E-state index in [1.807, 2.05) is 31.2 Å². The third kappa shape index (κ3) is 3.97. The first-order valence-corrected chi connectivity index (χ1v) is 8.45. The molecule has 0 atom stereocenters. The minimum absolute atomic E-state index is 0.293. The molecule has 0 spiro atoms. The second-order valence-electron chi connectivity index (χ2n) is 5.61. The quantitative estimate of drug-likeness (QED) is 0.597.